The number of carbonyl (C=O) groups excluding carboxylic acids is 2. The summed E-state index contributed by atoms with van der Waals surface area (Å²) >= 11 is 0. The summed E-state index contributed by atoms with van der Waals surface area (Å²) in [4.78, 5) is 21.4. The zero-order valence-electron chi connectivity index (χ0n) is 13.7. The number of hydrogen-bond acceptors (Lipinski definition) is 4. The van der Waals surface area contributed by atoms with Gasteiger partial charge in [0.15, 0.2) is 0 Å². The Kier molecular flexibility index (Phi) is 8.90. The molecule has 0 saturated carbocycles. The fourth-order valence-corrected chi connectivity index (χ4v) is 1.79. The molecule has 0 amide bonds. The van der Waals surface area contributed by atoms with Gasteiger partial charge in [0.1, 0.15) is 12.1 Å². The Morgan fingerprint density at radius 2 is 1.75 bits per heavy atom. The lowest BCUT2D eigenvalue weighted by atomic mass is 9.95. The monoisotopic (exact) mass is 286 g/mol. The van der Waals surface area contributed by atoms with Crippen LogP contribution < -0.4 is 0 Å². The van der Waals surface area contributed by atoms with Gasteiger partial charge in [-0.05, 0) is 47.0 Å². The molecule has 0 aromatic carbocycles. The first-order chi connectivity index (χ1) is 9.24. The van der Waals surface area contributed by atoms with Crippen LogP contribution in [0.25, 0.3) is 0 Å². The van der Waals surface area contributed by atoms with Crippen molar-refractivity contribution in [1.29, 1.82) is 0 Å². The Balaban J connectivity index is 4.09. The molecule has 0 heterocycles. The van der Waals surface area contributed by atoms with Crippen LogP contribution in [-0.2, 0) is 19.1 Å². The Labute approximate surface area is 123 Å². The smallest absolute Gasteiger partial charge is 0.129 e. The topological polar surface area (TPSA) is 52.6 Å². The van der Waals surface area contributed by atoms with Gasteiger partial charge < -0.3 is 19.1 Å². The SMILES string of the molecule is CCC(C)(CCC(C)=O)OCCC(C)(C)OCCC=O. The summed E-state index contributed by atoms with van der Waals surface area (Å²) in [7, 11) is 0. The number of Topliss-reactive ketones (excluding diaryl/α,β-unsaturated/α-hetero) is 1. The molecule has 0 bridgehead atoms. The molecule has 0 saturated heterocycles. The molecule has 0 spiro atoms. The minimum atomic E-state index is -0.293. The molecule has 0 N–H and O–H groups in total. The molecular formula is C16H30O4. The lowest BCUT2D eigenvalue weighted by molar-refractivity contribution is -0.120. The Bertz CT molecular complexity index is 299. The highest BCUT2D eigenvalue weighted by Crippen LogP contribution is 2.24. The van der Waals surface area contributed by atoms with Crippen molar-refractivity contribution in [2.24, 2.45) is 0 Å². The normalized spacial score (nSPS) is 14.8. The number of carbonyl (C=O) groups is 2. The second-order valence-electron chi connectivity index (χ2n) is 6.17. The fraction of sp³-hybridized carbons (Fsp3) is 0.875. The molecule has 0 aliphatic heterocycles. The van der Waals surface area contributed by atoms with Gasteiger partial charge in [-0.3, -0.25) is 0 Å². The molecule has 20 heavy (non-hydrogen) atoms. The molecule has 0 aromatic heterocycles. The van der Waals surface area contributed by atoms with E-state index in [9.17, 15) is 9.59 Å². The average Bonchev–Trinajstić information content (AvgIpc) is 2.36. The second kappa shape index (κ2) is 9.24. The van der Waals surface area contributed by atoms with E-state index < -0.39 is 0 Å². The maximum Gasteiger partial charge on any atom is 0.129 e. The molecule has 1 atom stereocenters. The van der Waals surface area contributed by atoms with Crippen molar-refractivity contribution in [1.82, 2.24) is 0 Å². The van der Waals surface area contributed by atoms with Crippen LogP contribution in [0.3, 0.4) is 0 Å². The minimum Gasteiger partial charge on any atom is -0.375 e. The van der Waals surface area contributed by atoms with Crippen molar-refractivity contribution in [3.05, 3.63) is 0 Å². The number of ketones is 1. The fourth-order valence-electron chi connectivity index (χ4n) is 1.79. The molecule has 1 unspecified atom stereocenters. The third-order valence-corrected chi connectivity index (χ3v) is 3.64. The summed E-state index contributed by atoms with van der Waals surface area (Å²) in [6.45, 7) is 10.8. The number of rotatable bonds is 12. The summed E-state index contributed by atoms with van der Waals surface area (Å²) in [5.74, 6) is 0.200. The molecular weight excluding hydrogens is 256 g/mol. The summed E-state index contributed by atoms with van der Waals surface area (Å²) < 4.78 is 11.6. The standard InChI is InChI=1S/C16H30O4/c1-6-16(5,9-8-14(2)18)20-13-10-15(3,4)19-12-7-11-17/h11H,6-10,12-13H2,1-5H3. The third-order valence-electron chi connectivity index (χ3n) is 3.64. The van der Waals surface area contributed by atoms with E-state index in [0.717, 1.165) is 25.5 Å². The molecule has 0 rings (SSSR count). The quantitative estimate of drug-likeness (QED) is 0.408. The summed E-state index contributed by atoms with van der Waals surface area (Å²) in [5, 5.41) is 0. The zero-order valence-corrected chi connectivity index (χ0v) is 13.7. The maximum absolute atomic E-state index is 11.1. The van der Waals surface area contributed by atoms with Crippen molar-refractivity contribution in [2.45, 2.75) is 77.9 Å². The van der Waals surface area contributed by atoms with Gasteiger partial charge in [-0.2, -0.15) is 0 Å². The average molecular weight is 286 g/mol. The van der Waals surface area contributed by atoms with Crippen LogP contribution in [0.1, 0.15) is 66.7 Å². The van der Waals surface area contributed by atoms with Gasteiger partial charge in [0.25, 0.3) is 0 Å². The Morgan fingerprint density at radius 3 is 2.25 bits per heavy atom. The largest absolute Gasteiger partial charge is 0.375 e. The van der Waals surface area contributed by atoms with Crippen LogP contribution in [0.2, 0.25) is 0 Å². The first-order valence-electron chi connectivity index (χ1n) is 7.45. The lowest BCUT2D eigenvalue weighted by Crippen LogP contribution is -2.33. The first-order valence-corrected chi connectivity index (χ1v) is 7.45. The highest BCUT2D eigenvalue weighted by Gasteiger charge is 2.25. The van der Waals surface area contributed by atoms with Gasteiger partial charge in [-0.25, -0.2) is 0 Å². The molecule has 4 heteroatoms. The van der Waals surface area contributed by atoms with Gasteiger partial charge in [-0.1, -0.05) is 6.92 Å². The minimum absolute atomic E-state index is 0.200. The zero-order chi connectivity index (χ0) is 15.6. The van der Waals surface area contributed by atoms with Gasteiger partial charge >= 0.3 is 0 Å². The van der Waals surface area contributed by atoms with E-state index in [2.05, 4.69) is 13.8 Å². The molecule has 0 fully saturated rings. The van der Waals surface area contributed by atoms with E-state index in [-0.39, 0.29) is 17.0 Å². The number of aldehydes is 1. The van der Waals surface area contributed by atoms with E-state index in [0.29, 0.717) is 26.1 Å². The van der Waals surface area contributed by atoms with Gasteiger partial charge in [-0.15, -0.1) is 0 Å². The van der Waals surface area contributed by atoms with Crippen LogP contribution in [0.15, 0.2) is 0 Å². The van der Waals surface area contributed by atoms with Crippen molar-refractivity contribution < 1.29 is 19.1 Å². The van der Waals surface area contributed by atoms with E-state index in [1.807, 2.05) is 13.8 Å². The van der Waals surface area contributed by atoms with E-state index in [4.69, 9.17) is 9.47 Å². The van der Waals surface area contributed by atoms with Crippen LogP contribution in [0.5, 0.6) is 0 Å². The predicted molar refractivity (Wildman–Crippen MR) is 79.9 cm³/mol. The first kappa shape index (κ1) is 19.3. The summed E-state index contributed by atoms with van der Waals surface area (Å²) in [6.07, 6.45) is 4.25. The second-order valence-corrected chi connectivity index (χ2v) is 6.17. The molecule has 118 valence electrons. The van der Waals surface area contributed by atoms with Gasteiger partial charge in [0.2, 0.25) is 0 Å². The molecule has 0 aromatic rings. The highest BCUT2D eigenvalue weighted by molar-refractivity contribution is 5.75. The molecule has 0 aliphatic rings. The van der Waals surface area contributed by atoms with Crippen LogP contribution in [0, 0.1) is 0 Å². The van der Waals surface area contributed by atoms with E-state index in [1.165, 1.54) is 0 Å². The third kappa shape index (κ3) is 9.21. The van der Waals surface area contributed by atoms with E-state index in [1.54, 1.807) is 6.92 Å². The van der Waals surface area contributed by atoms with Crippen molar-refractivity contribution in [2.75, 3.05) is 13.2 Å². The number of hydrogen-bond donors (Lipinski definition) is 0. The van der Waals surface area contributed by atoms with E-state index >= 15 is 0 Å². The summed E-state index contributed by atoms with van der Waals surface area (Å²) in [5.41, 5.74) is -0.539. The lowest BCUT2D eigenvalue weighted by Gasteiger charge is -2.31. The van der Waals surface area contributed by atoms with Crippen molar-refractivity contribution in [3.63, 3.8) is 0 Å². The van der Waals surface area contributed by atoms with Gasteiger partial charge in [0, 0.05) is 12.8 Å². The van der Waals surface area contributed by atoms with Crippen molar-refractivity contribution in [3.8, 4) is 0 Å². The highest BCUT2D eigenvalue weighted by atomic mass is 16.5. The van der Waals surface area contributed by atoms with Gasteiger partial charge in [0.05, 0.1) is 24.4 Å². The number of ether oxygens (including phenoxy) is 2. The van der Waals surface area contributed by atoms with Crippen molar-refractivity contribution >= 4 is 12.1 Å². The van der Waals surface area contributed by atoms with Crippen LogP contribution >= 0.6 is 0 Å². The maximum atomic E-state index is 11.1. The van der Waals surface area contributed by atoms with Crippen LogP contribution in [0.4, 0.5) is 0 Å². The molecule has 4 nitrogen and oxygen atoms in total. The van der Waals surface area contributed by atoms with Crippen LogP contribution in [-0.4, -0.2) is 36.5 Å². The molecule has 0 aliphatic carbocycles. The summed E-state index contributed by atoms with van der Waals surface area (Å²) in [6, 6.07) is 0. The molecule has 0 radical (unpaired) electrons. The Hall–Kier alpha value is -0.740. The Morgan fingerprint density at radius 1 is 1.10 bits per heavy atom. The predicted octanol–water partition coefficient (Wildman–Crippen LogP) is 3.32.